The third-order valence-corrected chi connectivity index (χ3v) is 18.0. The fourth-order valence-corrected chi connectivity index (χ4v) is 12.7. The highest BCUT2D eigenvalue weighted by atomic mass is 19.2. The van der Waals surface area contributed by atoms with Crippen LogP contribution in [0.4, 0.5) is 74.0 Å². The van der Waals surface area contributed by atoms with E-state index in [0.717, 1.165) is 5.69 Å². The number of hydrogen-bond donors (Lipinski definition) is 3. The molecule has 3 aromatic carbocycles. The molecule has 0 aliphatic carbocycles. The average molecular weight is 1510 g/mol. The van der Waals surface area contributed by atoms with Gasteiger partial charge in [-0.3, -0.25) is 48.3 Å². The molecule has 6 atom stereocenters. The summed E-state index contributed by atoms with van der Waals surface area (Å²) in [5, 5.41) is 34.4. The molecule has 0 saturated carbocycles. The standard InChI is InChI=1S/C21H20F3N7O3.C19H26N6O4.C17H24N4O5.C13H8F3NO2/c1-10-7-31-17(9-29(10)21(33)27-13-4-14(22)19(24)15(23)5-13)16(6-25-31)30-8-12(3-18(30)32)20-26-11(2)28-34-20;1-11-8-25-15(10-23(11)18(27)28-19(3,4)5)14(7-20-25)24-9-13(6-16(24)26)17-21-12(2)22-29-17;1-10-7-21-13(9-19(10)16(25)26-17(2,3)4)12(6-18-21)20-8-11(15(23)24)5-14(20)22;14-10-6-8(7-11(15)12(10)16)17-13(18)19-9-4-2-1-3-5-9/h4-6,10,12H,3,7-9H2,1-2H3,(H,27,33);7,11,13H,6,8-10H2,1-5H3;6,10-11H,5,7-9H2,1-4H3,(H,23,24);1-7H,(H,17,18)/t10-,12?;11-,13?;10-,11?;/m000./s1. The predicted molar refractivity (Wildman–Crippen MR) is 367 cm³/mol. The van der Waals surface area contributed by atoms with Crippen LogP contribution in [-0.4, -0.2) is 166 Å². The zero-order valence-electron chi connectivity index (χ0n) is 60.6. The van der Waals surface area contributed by atoms with Gasteiger partial charge in [-0.2, -0.15) is 25.3 Å². The molecular formula is C70H78F6N18O14. The van der Waals surface area contributed by atoms with E-state index in [0.29, 0.717) is 122 Å². The van der Waals surface area contributed by atoms with Gasteiger partial charge in [0.05, 0.1) is 134 Å². The van der Waals surface area contributed by atoms with Gasteiger partial charge >= 0.3 is 30.3 Å². The lowest BCUT2D eigenvalue weighted by Crippen LogP contribution is -2.47. The van der Waals surface area contributed by atoms with E-state index in [1.165, 1.54) is 21.9 Å². The molecule has 6 aliphatic rings. The van der Waals surface area contributed by atoms with E-state index < -0.39 is 76.2 Å². The number of hydrogen-bond acceptors (Lipinski definition) is 20. The second kappa shape index (κ2) is 31.3. The number of carbonyl (C=O) groups is 8. The number of anilines is 5. The highest BCUT2D eigenvalue weighted by molar-refractivity contribution is 6.00. The van der Waals surface area contributed by atoms with Crippen molar-refractivity contribution in [2.24, 2.45) is 5.92 Å². The molecule has 11 heterocycles. The molecule has 0 radical (unpaired) electrons. The zero-order valence-corrected chi connectivity index (χ0v) is 60.6. The van der Waals surface area contributed by atoms with Gasteiger partial charge in [0.15, 0.2) is 46.6 Å². The number of carboxylic acids is 1. The van der Waals surface area contributed by atoms with Crippen molar-refractivity contribution < 1.29 is 93.1 Å². The minimum atomic E-state index is -1.61. The normalized spacial score (nSPS) is 19.6. The van der Waals surface area contributed by atoms with Gasteiger partial charge in [0.2, 0.25) is 29.5 Å². The number of carboxylic acid groups (broad SMARTS) is 1. The summed E-state index contributed by atoms with van der Waals surface area (Å²) < 4.78 is 111. The lowest BCUT2D eigenvalue weighted by molar-refractivity contribution is -0.141. The maximum Gasteiger partial charge on any atom is 0.417 e. The Morgan fingerprint density at radius 2 is 0.889 bits per heavy atom. The number of nitrogens with one attached hydrogen (secondary N) is 2. The molecule has 8 amide bonds. The Labute approximate surface area is 612 Å². The highest BCUT2D eigenvalue weighted by Gasteiger charge is 2.43. The van der Waals surface area contributed by atoms with Crippen molar-refractivity contribution in [1.29, 1.82) is 0 Å². The molecule has 3 saturated heterocycles. The number of rotatable bonds is 9. The van der Waals surface area contributed by atoms with E-state index in [1.54, 1.807) is 86.5 Å². The SMILES string of the molecule is C[C@H]1Cn2ncc(N3CC(C(=O)O)CC3=O)c2CN1C(=O)OC(C)(C)C.Cc1noc(C2CC(=O)N(c3cnn4c3CN(C(=O)Nc3cc(F)c(F)c(F)c3)[C@@H](C)C4)C2)n1.Cc1noc(C2CC(=O)N(c3cnn4c3CN(C(=O)OC(C)(C)C)[C@@H](C)C4)C2)n1.O=C(Nc1cc(F)c(F)c(F)c1)Oc1ccccc1. The van der Waals surface area contributed by atoms with Crippen LogP contribution in [0, 0.1) is 54.7 Å². The van der Waals surface area contributed by atoms with Crippen LogP contribution in [0.25, 0.3) is 0 Å². The molecule has 3 unspecified atom stereocenters. The first kappa shape index (κ1) is 77.2. The maximum absolute atomic E-state index is 13.5. The van der Waals surface area contributed by atoms with Crippen molar-refractivity contribution in [3.05, 3.63) is 149 Å². The second-order valence-corrected chi connectivity index (χ2v) is 28.5. The number of aryl methyl sites for hydroxylation is 2. The lowest BCUT2D eigenvalue weighted by atomic mass is 10.1. The number of nitrogens with zero attached hydrogens (tertiary/aromatic N) is 16. The first-order valence-corrected chi connectivity index (χ1v) is 34.2. The van der Waals surface area contributed by atoms with Gasteiger partial charge in [-0.1, -0.05) is 28.5 Å². The average Bonchev–Trinajstić information content (AvgIpc) is 1.65. The predicted octanol–water partition coefficient (Wildman–Crippen LogP) is 10.4. The third kappa shape index (κ3) is 17.6. The fraction of sp³-hybridized carbons (Fsp3) is 0.443. The monoisotopic (exact) mass is 1510 g/mol. The molecule has 0 bridgehead atoms. The minimum absolute atomic E-state index is 0.0217. The Morgan fingerprint density at radius 1 is 0.519 bits per heavy atom. The first-order valence-electron chi connectivity index (χ1n) is 34.2. The van der Waals surface area contributed by atoms with E-state index in [4.69, 9.17) is 23.3 Å². The van der Waals surface area contributed by atoms with Crippen LogP contribution in [0.2, 0.25) is 0 Å². The van der Waals surface area contributed by atoms with E-state index >= 15 is 0 Å². The molecule has 6 aliphatic heterocycles. The lowest BCUT2D eigenvalue weighted by Gasteiger charge is -2.36. The Morgan fingerprint density at radius 3 is 1.26 bits per heavy atom. The van der Waals surface area contributed by atoms with Crippen molar-refractivity contribution >= 4 is 76.4 Å². The molecule has 108 heavy (non-hydrogen) atoms. The molecule has 14 rings (SSSR count). The number of urea groups is 1. The summed E-state index contributed by atoms with van der Waals surface area (Å²) in [6.07, 6.45) is 3.61. The van der Waals surface area contributed by atoms with Crippen LogP contribution in [-0.2, 0) is 67.9 Å². The Kier molecular flexibility index (Phi) is 22.4. The van der Waals surface area contributed by atoms with Crippen molar-refractivity contribution in [3.8, 4) is 5.75 Å². The quantitative estimate of drug-likeness (QED) is 0.0893. The Bertz CT molecular complexity index is 4700. The summed E-state index contributed by atoms with van der Waals surface area (Å²) in [7, 11) is 0. The molecule has 32 nitrogen and oxygen atoms in total. The summed E-state index contributed by atoms with van der Waals surface area (Å²) in [5.41, 5.74) is 2.41. The maximum atomic E-state index is 13.5. The minimum Gasteiger partial charge on any atom is -0.481 e. The van der Waals surface area contributed by atoms with Crippen molar-refractivity contribution in [1.82, 2.24) is 64.3 Å². The van der Waals surface area contributed by atoms with E-state index in [1.807, 2.05) is 60.1 Å². The summed E-state index contributed by atoms with van der Waals surface area (Å²) in [4.78, 5) is 116. The summed E-state index contributed by atoms with van der Waals surface area (Å²) in [6, 6.07) is 9.74. The number of para-hydroxylation sites is 1. The molecule has 8 aromatic rings. The number of fused-ring (bicyclic) bond motifs is 3. The van der Waals surface area contributed by atoms with Crippen LogP contribution in [0.1, 0.15) is 134 Å². The highest BCUT2D eigenvalue weighted by Crippen LogP contribution is 2.39. The molecule has 38 heteroatoms. The van der Waals surface area contributed by atoms with Crippen LogP contribution in [0.3, 0.4) is 0 Å². The second-order valence-electron chi connectivity index (χ2n) is 28.5. The fourth-order valence-electron chi connectivity index (χ4n) is 12.7. The summed E-state index contributed by atoms with van der Waals surface area (Å²) in [5.74, 6) is -9.13. The van der Waals surface area contributed by atoms with Crippen LogP contribution >= 0.6 is 0 Å². The molecule has 574 valence electrons. The molecule has 0 spiro atoms. The van der Waals surface area contributed by atoms with Gasteiger partial charge < -0.3 is 53.3 Å². The van der Waals surface area contributed by atoms with Gasteiger partial charge in [0.1, 0.15) is 17.0 Å². The van der Waals surface area contributed by atoms with Gasteiger partial charge in [-0.05, 0) is 88.3 Å². The topological polar surface area (TPSA) is 359 Å². The number of benzene rings is 3. The Hall–Kier alpha value is -11.9. The largest absolute Gasteiger partial charge is 0.481 e. The van der Waals surface area contributed by atoms with Gasteiger partial charge in [-0.25, -0.2) is 45.5 Å². The van der Waals surface area contributed by atoms with E-state index in [2.05, 4.69) is 46.2 Å². The molecule has 5 aromatic heterocycles. The number of aliphatic carboxylic acids is 1. The van der Waals surface area contributed by atoms with Crippen LogP contribution in [0.5, 0.6) is 5.75 Å². The number of carbonyl (C=O) groups excluding carboxylic acids is 7. The zero-order chi connectivity index (χ0) is 78.1. The van der Waals surface area contributed by atoms with Gasteiger partial charge in [0, 0.05) is 68.8 Å². The Balaban J connectivity index is 0.000000146. The van der Waals surface area contributed by atoms with Crippen molar-refractivity contribution in [2.75, 3.05) is 45.0 Å². The van der Waals surface area contributed by atoms with E-state index in [9.17, 15) is 69.8 Å². The summed E-state index contributed by atoms with van der Waals surface area (Å²) in [6.45, 7) is 23.0. The van der Waals surface area contributed by atoms with Crippen LogP contribution < -0.4 is 30.1 Å². The number of halogens is 6. The smallest absolute Gasteiger partial charge is 0.417 e. The van der Waals surface area contributed by atoms with Crippen LogP contribution in [0.15, 0.2) is 82.2 Å². The molecule has 3 N–H and O–H groups in total. The van der Waals surface area contributed by atoms with Gasteiger partial charge in [-0.15, -0.1) is 0 Å². The van der Waals surface area contributed by atoms with E-state index in [-0.39, 0.29) is 103 Å². The first-order chi connectivity index (χ1) is 50.9. The van der Waals surface area contributed by atoms with Crippen molar-refractivity contribution in [2.45, 2.75) is 176 Å². The van der Waals surface area contributed by atoms with Crippen molar-refractivity contribution in [3.63, 3.8) is 0 Å². The number of amides is 8. The third-order valence-electron chi connectivity index (χ3n) is 18.0. The summed E-state index contributed by atoms with van der Waals surface area (Å²) >= 11 is 0. The number of ether oxygens (including phenoxy) is 3. The molecule has 3 fully saturated rings. The van der Waals surface area contributed by atoms with Gasteiger partial charge in [0.25, 0.3) is 0 Å². The number of aromatic nitrogens is 10. The molecular weight excluding hydrogens is 1430 g/mol.